The summed E-state index contributed by atoms with van der Waals surface area (Å²) in [7, 11) is 0. The molecule has 0 saturated heterocycles. The van der Waals surface area contributed by atoms with Gasteiger partial charge in [-0.05, 0) is 30.5 Å². The van der Waals surface area contributed by atoms with Gasteiger partial charge >= 0.3 is 5.97 Å². The summed E-state index contributed by atoms with van der Waals surface area (Å²) in [6.45, 7) is 2.47. The van der Waals surface area contributed by atoms with Gasteiger partial charge in [-0.15, -0.1) is 0 Å². The molecule has 1 aromatic carbocycles. The average Bonchev–Trinajstić information content (AvgIpc) is 2.51. The van der Waals surface area contributed by atoms with Crippen molar-refractivity contribution in [3.05, 3.63) is 34.3 Å². The fraction of sp³-hybridized carbons (Fsp3) is 0.471. The summed E-state index contributed by atoms with van der Waals surface area (Å²) >= 11 is 3.35. The van der Waals surface area contributed by atoms with Crippen molar-refractivity contribution in [2.45, 2.75) is 39.2 Å². The number of carbonyl (C=O) groups is 3. The third kappa shape index (κ3) is 8.10. The number of halogens is 1. The number of amides is 2. The van der Waals surface area contributed by atoms with Crippen LogP contribution in [0.15, 0.2) is 28.7 Å². The van der Waals surface area contributed by atoms with Crippen molar-refractivity contribution in [3.63, 3.8) is 0 Å². The Morgan fingerprint density at radius 2 is 2.00 bits per heavy atom. The van der Waals surface area contributed by atoms with Gasteiger partial charge in [-0.25, -0.2) is 0 Å². The van der Waals surface area contributed by atoms with Crippen LogP contribution in [0.3, 0.4) is 0 Å². The van der Waals surface area contributed by atoms with Gasteiger partial charge in [0.1, 0.15) is 6.54 Å². The van der Waals surface area contributed by atoms with E-state index < -0.39 is 5.97 Å². The predicted molar refractivity (Wildman–Crippen MR) is 94.3 cm³/mol. The summed E-state index contributed by atoms with van der Waals surface area (Å²) in [6, 6.07) is 7.38. The van der Waals surface area contributed by atoms with Crippen LogP contribution in [0.5, 0.6) is 0 Å². The Bertz CT molecular complexity index is 577. The molecule has 1 rings (SSSR count). The van der Waals surface area contributed by atoms with Crippen molar-refractivity contribution >= 4 is 33.7 Å². The quantitative estimate of drug-likeness (QED) is 0.633. The van der Waals surface area contributed by atoms with Gasteiger partial charge in [0.05, 0.1) is 0 Å². The first-order valence-electron chi connectivity index (χ1n) is 7.93. The number of rotatable bonds is 10. The minimum absolute atomic E-state index is 0.0820. The van der Waals surface area contributed by atoms with E-state index in [9.17, 15) is 14.4 Å². The standard InChI is InChI=1S/C17H23BrN2O4/c1-2-9-19-15(21)7-4-8-16(22)20(12-17(23)24)11-13-5-3-6-14(18)10-13/h3,5-6,10H,2,4,7-9,11-12H2,1H3,(H,19,21)(H,23,24). The van der Waals surface area contributed by atoms with Crippen molar-refractivity contribution in [2.75, 3.05) is 13.1 Å². The highest BCUT2D eigenvalue weighted by Crippen LogP contribution is 2.14. The molecular formula is C17H23BrN2O4. The molecule has 132 valence electrons. The van der Waals surface area contributed by atoms with Gasteiger partial charge in [0.25, 0.3) is 0 Å². The summed E-state index contributed by atoms with van der Waals surface area (Å²) < 4.78 is 0.871. The number of hydrogen-bond acceptors (Lipinski definition) is 3. The Labute approximate surface area is 150 Å². The monoisotopic (exact) mass is 398 g/mol. The number of carbonyl (C=O) groups excluding carboxylic acids is 2. The van der Waals surface area contributed by atoms with Crippen LogP contribution in [0.1, 0.15) is 38.2 Å². The van der Waals surface area contributed by atoms with Crippen LogP contribution in [0.2, 0.25) is 0 Å². The predicted octanol–water partition coefficient (Wildman–Crippen LogP) is 2.56. The Balaban J connectivity index is 2.55. The molecule has 6 nitrogen and oxygen atoms in total. The molecule has 0 aliphatic carbocycles. The largest absolute Gasteiger partial charge is 0.480 e. The smallest absolute Gasteiger partial charge is 0.323 e. The van der Waals surface area contributed by atoms with E-state index in [0.29, 0.717) is 13.0 Å². The molecule has 0 bridgehead atoms. The lowest BCUT2D eigenvalue weighted by Gasteiger charge is -2.21. The Hall–Kier alpha value is -1.89. The summed E-state index contributed by atoms with van der Waals surface area (Å²) in [5.41, 5.74) is 0.847. The summed E-state index contributed by atoms with van der Waals surface area (Å²) in [4.78, 5) is 36.1. The minimum atomic E-state index is -1.06. The molecule has 0 saturated carbocycles. The van der Waals surface area contributed by atoms with Crippen molar-refractivity contribution in [2.24, 2.45) is 0 Å². The second kappa shape index (κ2) is 10.8. The van der Waals surface area contributed by atoms with Crippen molar-refractivity contribution in [3.8, 4) is 0 Å². The number of carboxylic acid groups (broad SMARTS) is 1. The highest BCUT2D eigenvalue weighted by atomic mass is 79.9. The zero-order valence-electron chi connectivity index (χ0n) is 13.8. The number of aliphatic carboxylic acids is 1. The first kappa shape index (κ1) is 20.2. The molecule has 2 N–H and O–H groups in total. The van der Waals surface area contributed by atoms with E-state index in [0.717, 1.165) is 16.5 Å². The van der Waals surface area contributed by atoms with E-state index in [1.807, 2.05) is 31.2 Å². The highest BCUT2D eigenvalue weighted by Gasteiger charge is 2.17. The van der Waals surface area contributed by atoms with Crippen molar-refractivity contribution < 1.29 is 19.5 Å². The second-order valence-corrected chi connectivity index (χ2v) is 6.39. The van der Waals surface area contributed by atoms with E-state index in [1.165, 1.54) is 4.90 Å². The molecule has 0 fully saturated rings. The molecule has 0 aromatic heterocycles. The molecule has 0 radical (unpaired) electrons. The Kier molecular flexibility index (Phi) is 9.07. The van der Waals surface area contributed by atoms with Crippen LogP contribution in [-0.4, -0.2) is 40.9 Å². The molecule has 0 atom stereocenters. The van der Waals surface area contributed by atoms with Crippen LogP contribution in [0.4, 0.5) is 0 Å². The van der Waals surface area contributed by atoms with Crippen molar-refractivity contribution in [1.82, 2.24) is 10.2 Å². The number of nitrogens with zero attached hydrogens (tertiary/aromatic N) is 1. The van der Waals surface area contributed by atoms with Crippen LogP contribution in [0.25, 0.3) is 0 Å². The number of carboxylic acids is 1. The maximum absolute atomic E-state index is 12.3. The van der Waals surface area contributed by atoms with Gasteiger partial charge in [0, 0.05) is 30.4 Å². The molecule has 1 aromatic rings. The fourth-order valence-electron chi connectivity index (χ4n) is 2.16. The average molecular weight is 399 g/mol. The Morgan fingerprint density at radius 1 is 1.25 bits per heavy atom. The van der Waals surface area contributed by atoms with Crippen LogP contribution < -0.4 is 5.32 Å². The lowest BCUT2D eigenvalue weighted by Crippen LogP contribution is -2.35. The van der Waals surface area contributed by atoms with E-state index in [4.69, 9.17) is 5.11 Å². The third-order valence-electron chi connectivity index (χ3n) is 3.31. The van der Waals surface area contributed by atoms with E-state index >= 15 is 0 Å². The first-order chi connectivity index (χ1) is 11.4. The van der Waals surface area contributed by atoms with E-state index in [2.05, 4.69) is 21.2 Å². The van der Waals surface area contributed by atoms with Gasteiger partial charge in [-0.1, -0.05) is 35.0 Å². The molecule has 2 amide bonds. The van der Waals surface area contributed by atoms with Gasteiger partial charge < -0.3 is 15.3 Å². The normalized spacial score (nSPS) is 10.2. The highest BCUT2D eigenvalue weighted by molar-refractivity contribution is 9.10. The summed E-state index contributed by atoms with van der Waals surface area (Å²) in [5, 5.41) is 11.8. The lowest BCUT2D eigenvalue weighted by atomic mass is 10.1. The molecular weight excluding hydrogens is 376 g/mol. The van der Waals surface area contributed by atoms with Gasteiger partial charge in [0.15, 0.2) is 0 Å². The number of nitrogens with one attached hydrogen (secondary N) is 1. The van der Waals surface area contributed by atoms with Crippen LogP contribution >= 0.6 is 15.9 Å². The maximum atomic E-state index is 12.3. The zero-order valence-corrected chi connectivity index (χ0v) is 15.3. The Morgan fingerprint density at radius 3 is 2.62 bits per heavy atom. The molecule has 7 heteroatoms. The SMILES string of the molecule is CCCNC(=O)CCCC(=O)N(CC(=O)O)Cc1cccc(Br)c1. The van der Waals surface area contributed by atoms with Crippen molar-refractivity contribution in [1.29, 1.82) is 0 Å². The third-order valence-corrected chi connectivity index (χ3v) is 3.80. The molecule has 24 heavy (non-hydrogen) atoms. The maximum Gasteiger partial charge on any atom is 0.323 e. The summed E-state index contributed by atoms with van der Waals surface area (Å²) in [5.74, 6) is -1.40. The van der Waals surface area contributed by atoms with Gasteiger partial charge in [-0.3, -0.25) is 14.4 Å². The fourth-order valence-corrected chi connectivity index (χ4v) is 2.61. The van der Waals surface area contributed by atoms with Crippen LogP contribution in [-0.2, 0) is 20.9 Å². The molecule has 0 aliphatic rings. The molecule has 0 aliphatic heterocycles. The second-order valence-electron chi connectivity index (χ2n) is 5.48. The molecule has 0 unspecified atom stereocenters. The van der Waals surface area contributed by atoms with Gasteiger partial charge in [0.2, 0.25) is 11.8 Å². The van der Waals surface area contributed by atoms with E-state index in [1.54, 1.807) is 0 Å². The first-order valence-corrected chi connectivity index (χ1v) is 8.72. The number of benzene rings is 1. The molecule has 0 spiro atoms. The zero-order chi connectivity index (χ0) is 17.9. The minimum Gasteiger partial charge on any atom is -0.480 e. The number of hydrogen-bond donors (Lipinski definition) is 2. The lowest BCUT2D eigenvalue weighted by molar-refractivity contribution is -0.145. The van der Waals surface area contributed by atoms with E-state index in [-0.39, 0.29) is 37.7 Å². The topological polar surface area (TPSA) is 86.7 Å². The molecule has 0 heterocycles. The van der Waals surface area contributed by atoms with Crippen LogP contribution in [0, 0.1) is 0 Å². The van der Waals surface area contributed by atoms with Gasteiger partial charge in [-0.2, -0.15) is 0 Å². The summed E-state index contributed by atoms with van der Waals surface area (Å²) in [6.07, 6.45) is 1.69.